The number of nitrogens with zero attached hydrogens (tertiary/aromatic N) is 3. The molecule has 1 saturated heterocycles. The Kier molecular flexibility index (Phi) is 9.53. The van der Waals surface area contributed by atoms with Gasteiger partial charge in [-0.1, -0.05) is 30.7 Å². The zero-order valence-corrected chi connectivity index (χ0v) is 23.3. The first kappa shape index (κ1) is 27.8. The molecule has 0 radical (unpaired) electrons. The van der Waals surface area contributed by atoms with Gasteiger partial charge < -0.3 is 24.2 Å². The van der Waals surface area contributed by atoms with Crippen LogP contribution in [0.3, 0.4) is 0 Å². The Morgan fingerprint density at radius 2 is 1.84 bits per heavy atom. The second-order valence-corrected chi connectivity index (χ2v) is 10.6. The van der Waals surface area contributed by atoms with Crippen molar-refractivity contribution in [2.45, 2.75) is 51.9 Å². The fourth-order valence-corrected chi connectivity index (χ4v) is 5.79. The number of benzene rings is 2. The van der Waals surface area contributed by atoms with E-state index in [9.17, 15) is 9.59 Å². The number of anilines is 1. The zero-order chi connectivity index (χ0) is 27.0. The van der Waals surface area contributed by atoms with Crippen LogP contribution in [0.4, 0.5) is 5.69 Å². The third-order valence-corrected chi connectivity index (χ3v) is 8.29. The minimum absolute atomic E-state index is 0.160. The molecule has 7 nitrogen and oxygen atoms in total. The molecular weight excluding hydrogens is 478 g/mol. The van der Waals surface area contributed by atoms with E-state index in [-0.39, 0.29) is 17.2 Å². The SMILES string of the molecule is CCN1CCOc2ccccc2CCCCC2(CCN(C(=O)CCN(C)c3cccc(OC)c3)CC2)C1=O. The number of methoxy groups -OCH3 is 1. The van der Waals surface area contributed by atoms with Gasteiger partial charge in [0.1, 0.15) is 18.1 Å². The molecule has 0 N–H and O–H groups in total. The number of piperidine rings is 1. The number of fused-ring (bicyclic) bond motifs is 1. The fraction of sp³-hybridized carbons (Fsp3) is 0.548. The minimum Gasteiger partial charge on any atom is -0.497 e. The monoisotopic (exact) mass is 521 g/mol. The first-order valence-corrected chi connectivity index (χ1v) is 14.1. The van der Waals surface area contributed by atoms with Crippen molar-refractivity contribution in [1.29, 1.82) is 0 Å². The molecule has 1 fully saturated rings. The molecule has 2 aromatic rings. The molecule has 2 aliphatic rings. The Hall–Kier alpha value is -3.22. The number of rotatable bonds is 6. The summed E-state index contributed by atoms with van der Waals surface area (Å²) in [5.41, 5.74) is 1.89. The van der Waals surface area contributed by atoms with Gasteiger partial charge in [-0.25, -0.2) is 0 Å². The van der Waals surface area contributed by atoms with Crippen LogP contribution in [0.15, 0.2) is 48.5 Å². The van der Waals surface area contributed by atoms with Crippen molar-refractivity contribution < 1.29 is 19.1 Å². The van der Waals surface area contributed by atoms with Crippen LogP contribution >= 0.6 is 0 Å². The molecule has 1 spiro atoms. The Bertz CT molecular complexity index is 1080. The first-order valence-electron chi connectivity index (χ1n) is 14.1. The number of para-hydroxylation sites is 1. The van der Waals surface area contributed by atoms with Crippen LogP contribution in [0.2, 0.25) is 0 Å². The van der Waals surface area contributed by atoms with Crippen LogP contribution in [0.5, 0.6) is 11.5 Å². The Balaban J connectivity index is 1.36. The summed E-state index contributed by atoms with van der Waals surface area (Å²) in [6.07, 6.45) is 5.79. The Labute approximate surface area is 227 Å². The molecule has 2 amide bonds. The van der Waals surface area contributed by atoms with Crippen molar-refractivity contribution in [2.75, 3.05) is 58.4 Å². The number of aryl methyl sites for hydroxylation is 1. The lowest BCUT2D eigenvalue weighted by atomic mass is 9.73. The standard InChI is InChI=1S/C31H43N3O4/c1-4-33-22-23-38-28-14-6-5-10-25(28)11-7-8-16-31(30(33)36)17-20-34(21-18-31)29(35)15-19-32(2)26-12-9-13-27(24-26)37-3/h5-6,9-10,12-14,24H,4,7-8,11,15-23H2,1-3H3. The summed E-state index contributed by atoms with van der Waals surface area (Å²) in [5.74, 6) is 2.14. The lowest BCUT2D eigenvalue weighted by molar-refractivity contribution is -0.149. The van der Waals surface area contributed by atoms with Crippen LogP contribution in [0, 0.1) is 5.41 Å². The maximum Gasteiger partial charge on any atom is 0.229 e. The average molecular weight is 522 g/mol. The molecule has 0 aliphatic carbocycles. The summed E-state index contributed by atoms with van der Waals surface area (Å²) >= 11 is 0. The zero-order valence-electron chi connectivity index (χ0n) is 23.3. The van der Waals surface area contributed by atoms with Gasteiger partial charge in [0.25, 0.3) is 0 Å². The smallest absolute Gasteiger partial charge is 0.229 e. The van der Waals surface area contributed by atoms with E-state index in [4.69, 9.17) is 9.47 Å². The van der Waals surface area contributed by atoms with Crippen molar-refractivity contribution in [3.05, 3.63) is 54.1 Å². The first-order chi connectivity index (χ1) is 18.5. The van der Waals surface area contributed by atoms with E-state index in [2.05, 4.69) is 17.0 Å². The summed E-state index contributed by atoms with van der Waals surface area (Å²) < 4.78 is 11.4. The van der Waals surface area contributed by atoms with Crippen molar-refractivity contribution in [3.8, 4) is 11.5 Å². The minimum atomic E-state index is -0.386. The summed E-state index contributed by atoms with van der Waals surface area (Å²) in [5, 5.41) is 0. The summed E-state index contributed by atoms with van der Waals surface area (Å²) in [6, 6.07) is 16.1. The molecule has 7 heteroatoms. The lowest BCUT2D eigenvalue weighted by Gasteiger charge is -2.43. The van der Waals surface area contributed by atoms with Crippen molar-refractivity contribution in [1.82, 2.24) is 9.80 Å². The van der Waals surface area contributed by atoms with E-state index in [0.717, 1.165) is 55.7 Å². The van der Waals surface area contributed by atoms with E-state index < -0.39 is 0 Å². The maximum atomic E-state index is 13.9. The van der Waals surface area contributed by atoms with Gasteiger partial charge in [0.2, 0.25) is 11.8 Å². The Morgan fingerprint density at radius 1 is 1.05 bits per heavy atom. The molecule has 0 atom stereocenters. The number of carbonyl (C=O) groups excluding carboxylic acids is 2. The average Bonchev–Trinajstić information content (AvgIpc) is 2.96. The number of likely N-dealkylation sites (tertiary alicyclic amines) is 1. The molecule has 2 heterocycles. The summed E-state index contributed by atoms with van der Waals surface area (Å²) in [7, 11) is 3.66. The molecular formula is C31H43N3O4. The molecule has 38 heavy (non-hydrogen) atoms. The molecule has 2 aromatic carbocycles. The van der Waals surface area contributed by atoms with Crippen LogP contribution in [0.25, 0.3) is 0 Å². The predicted molar refractivity (Wildman–Crippen MR) is 151 cm³/mol. The topological polar surface area (TPSA) is 62.3 Å². The van der Waals surface area contributed by atoms with E-state index in [0.29, 0.717) is 45.8 Å². The van der Waals surface area contributed by atoms with Crippen molar-refractivity contribution in [3.63, 3.8) is 0 Å². The van der Waals surface area contributed by atoms with Gasteiger partial charge in [-0.2, -0.15) is 0 Å². The number of ether oxygens (including phenoxy) is 2. The van der Waals surface area contributed by atoms with Crippen LogP contribution < -0.4 is 14.4 Å². The van der Waals surface area contributed by atoms with Gasteiger partial charge in [-0.3, -0.25) is 9.59 Å². The lowest BCUT2D eigenvalue weighted by Crippen LogP contribution is -2.52. The molecule has 206 valence electrons. The number of carbonyl (C=O) groups is 2. The van der Waals surface area contributed by atoms with Crippen molar-refractivity contribution in [2.24, 2.45) is 5.41 Å². The summed E-state index contributed by atoms with van der Waals surface area (Å²) in [6.45, 7) is 5.73. The third-order valence-electron chi connectivity index (χ3n) is 8.29. The van der Waals surface area contributed by atoms with Crippen LogP contribution in [-0.4, -0.2) is 75.1 Å². The highest BCUT2D eigenvalue weighted by atomic mass is 16.5. The van der Waals surface area contributed by atoms with Crippen LogP contribution in [-0.2, 0) is 16.0 Å². The molecule has 0 unspecified atom stereocenters. The quantitative estimate of drug-likeness (QED) is 0.547. The molecule has 2 aliphatic heterocycles. The van der Waals surface area contributed by atoms with Crippen molar-refractivity contribution >= 4 is 17.5 Å². The molecule has 0 bridgehead atoms. The highest BCUT2D eigenvalue weighted by Crippen LogP contribution is 2.39. The highest BCUT2D eigenvalue weighted by Gasteiger charge is 2.43. The number of hydrogen-bond acceptors (Lipinski definition) is 5. The number of amides is 2. The van der Waals surface area contributed by atoms with Gasteiger partial charge in [0.15, 0.2) is 0 Å². The van der Waals surface area contributed by atoms with Gasteiger partial charge in [0, 0.05) is 51.4 Å². The molecule has 0 aromatic heterocycles. The second kappa shape index (κ2) is 13.0. The number of hydrogen-bond donors (Lipinski definition) is 0. The van der Waals surface area contributed by atoms with E-state index in [1.807, 2.05) is 60.2 Å². The van der Waals surface area contributed by atoms with Crippen LogP contribution in [0.1, 0.15) is 51.0 Å². The Morgan fingerprint density at radius 3 is 2.61 bits per heavy atom. The van der Waals surface area contributed by atoms with E-state index in [1.165, 1.54) is 5.56 Å². The van der Waals surface area contributed by atoms with Gasteiger partial charge in [-0.15, -0.1) is 0 Å². The maximum absolute atomic E-state index is 13.9. The predicted octanol–water partition coefficient (Wildman–Crippen LogP) is 4.78. The second-order valence-electron chi connectivity index (χ2n) is 10.6. The molecule has 4 rings (SSSR count). The van der Waals surface area contributed by atoms with Gasteiger partial charge in [0.05, 0.1) is 19.1 Å². The van der Waals surface area contributed by atoms with E-state index >= 15 is 0 Å². The number of likely N-dealkylation sites (N-methyl/N-ethyl adjacent to an activating group) is 1. The van der Waals surface area contributed by atoms with Gasteiger partial charge >= 0.3 is 0 Å². The van der Waals surface area contributed by atoms with E-state index in [1.54, 1.807) is 7.11 Å². The summed E-state index contributed by atoms with van der Waals surface area (Å²) in [4.78, 5) is 33.0. The highest BCUT2D eigenvalue weighted by molar-refractivity contribution is 5.83. The third kappa shape index (κ3) is 6.61. The largest absolute Gasteiger partial charge is 0.497 e. The fourth-order valence-electron chi connectivity index (χ4n) is 5.79. The normalized spacial score (nSPS) is 18.1. The molecule has 0 saturated carbocycles. The van der Waals surface area contributed by atoms with Gasteiger partial charge in [-0.05, 0) is 62.8 Å².